The molecular weight excluding hydrogens is 402 g/mol. The Labute approximate surface area is 198 Å². The van der Waals surface area contributed by atoms with Gasteiger partial charge < -0.3 is 4.57 Å². The largest absolute Gasteiger partial charge is 0.304 e. The van der Waals surface area contributed by atoms with E-state index in [1.165, 1.54) is 43.2 Å². The molecule has 1 saturated carbocycles. The fraction of sp³-hybridized carbons (Fsp3) is 0.400. The lowest BCUT2D eigenvalue weighted by Gasteiger charge is -2.26. The Hall–Kier alpha value is -2.94. The molecule has 0 saturated heterocycles. The Bertz CT molecular complexity index is 1130. The number of nitrogens with zero attached hydrogens (tertiary/aromatic N) is 3. The van der Waals surface area contributed by atoms with Crippen LogP contribution in [0.2, 0.25) is 0 Å². The molecule has 0 unspecified atom stereocenters. The Morgan fingerprint density at radius 2 is 1.36 bits per heavy atom. The lowest BCUT2D eigenvalue weighted by Crippen LogP contribution is -2.15. The second-order valence-electron chi connectivity index (χ2n) is 10.6. The van der Waals surface area contributed by atoms with E-state index in [2.05, 4.69) is 98.2 Å². The minimum atomic E-state index is 0.145. The van der Waals surface area contributed by atoms with Gasteiger partial charge in [0.15, 0.2) is 11.6 Å². The first kappa shape index (κ1) is 21.9. The highest BCUT2D eigenvalue weighted by molar-refractivity contribution is 5.64. The fourth-order valence-corrected chi connectivity index (χ4v) is 5.20. The molecule has 5 rings (SSSR count). The van der Waals surface area contributed by atoms with Crippen LogP contribution in [0.5, 0.6) is 0 Å². The molecule has 3 aromatic rings. The van der Waals surface area contributed by atoms with E-state index in [0.29, 0.717) is 12.0 Å². The number of hydrogen-bond acceptors (Lipinski definition) is 2. The summed E-state index contributed by atoms with van der Waals surface area (Å²) in [6.07, 6.45) is 16.2. The van der Waals surface area contributed by atoms with Crippen LogP contribution in [-0.2, 0) is 5.41 Å². The molecule has 1 fully saturated rings. The maximum absolute atomic E-state index is 4.74. The number of allylic oxidation sites excluding steroid dienone is 4. The molecule has 1 heterocycles. The second-order valence-corrected chi connectivity index (χ2v) is 10.6. The first-order valence-corrected chi connectivity index (χ1v) is 12.5. The van der Waals surface area contributed by atoms with Crippen LogP contribution in [0.3, 0.4) is 0 Å². The summed E-state index contributed by atoms with van der Waals surface area (Å²) in [5.41, 5.74) is 5.16. The maximum Gasteiger partial charge on any atom is 0.164 e. The molecule has 0 amide bonds. The van der Waals surface area contributed by atoms with Gasteiger partial charge in [-0.15, -0.1) is 10.2 Å². The van der Waals surface area contributed by atoms with Crippen LogP contribution < -0.4 is 0 Å². The number of hydrogen-bond donors (Lipinski definition) is 0. The van der Waals surface area contributed by atoms with Crippen molar-refractivity contribution in [2.45, 2.75) is 76.7 Å². The molecule has 2 aliphatic rings. The third kappa shape index (κ3) is 4.59. The van der Waals surface area contributed by atoms with E-state index in [0.717, 1.165) is 29.2 Å². The van der Waals surface area contributed by atoms with Crippen molar-refractivity contribution in [2.24, 2.45) is 0 Å². The average molecular weight is 438 g/mol. The zero-order valence-electron chi connectivity index (χ0n) is 20.2. The van der Waals surface area contributed by atoms with Crippen molar-refractivity contribution in [1.29, 1.82) is 0 Å². The summed E-state index contributed by atoms with van der Waals surface area (Å²) in [6, 6.07) is 18.4. The zero-order valence-corrected chi connectivity index (χ0v) is 20.2. The Balaban J connectivity index is 1.52. The van der Waals surface area contributed by atoms with E-state index in [-0.39, 0.29) is 5.41 Å². The van der Waals surface area contributed by atoms with Gasteiger partial charge in [-0.3, -0.25) is 0 Å². The van der Waals surface area contributed by atoms with E-state index < -0.39 is 0 Å². The van der Waals surface area contributed by atoms with Gasteiger partial charge in [0.1, 0.15) is 0 Å². The highest BCUT2D eigenvalue weighted by atomic mass is 15.3. The maximum atomic E-state index is 4.74. The first-order valence-electron chi connectivity index (χ1n) is 12.5. The second kappa shape index (κ2) is 9.13. The van der Waals surface area contributed by atoms with Gasteiger partial charge in [0, 0.05) is 23.1 Å². The fourth-order valence-electron chi connectivity index (χ4n) is 5.20. The van der Waals surface area contributed by atoms with Crippen LogP contribution in [0.1, 0.15) is 82.4 Å². The Morgan fingerprint density at radius 1 is 0.758 bits per heavy atom. The third-order valence-electron chi connectivity index (χ3n) is 7.22. The lowest BCUT2D eigenvalue weighted by molar-refractivity contribution is 0.357. The average Bonchev–Trinajstić information content (AvgIpc) is 3.30. The summed E-state index contributed by atoms with van der Waals surface area (Å²) < 4.78 is 2.43. The van der Waals surface area contributed by atoms with E-state index in [1.54, 1.807) is 0 Å². The van der Waals surface area contributed by atoms with Crippen molar-refractivity contribution < 1.29 is 0 Å². The predicted molar refractivity (Wildman–Crippen MR) is 137 cm³/mol. The quantitative estimate of drug-likeness (QED) is 0.414. The smallest absolute Gasteiger partial charge is 0.164 e. The van der Waals surface area contributed by atoms with Crippen LogP contribution in [0, 0.1) is 0 Å². The van der Waals surface area contributed by atoms with Crippen molar-refractivity contribution in [2.75, 3.05) is 0 Å². The molecule has 33 heavy (non-hydrogen) atoms. The molecular formula is C30H35N3. The van der Waals surface area contributed by atoms with Gasteiger partial charge >= 0.3 is 0 Å². The predicted octanol–water partition coefficient (Wildman–Crippen LogP) is 8.01. The van der Waals surface area contributed by atoms with Gasteiger partial charge in [-0.2, -0.15) is 0 Å². The molecule has 0 spiro atoms. The molecule has 2 aliphatic carbocycles. The van der Waals surface area contributed by atoms with E-state index in [9.17, 15) is 0 Å². The SMILES string of the molecule is CC(C)(C)c1ccc(-c2nnc(-c3ccc([C@H]4C=CC=CC4)cc3)n2C2CCCCC2)cc1. The summed E-state index contributed by atoms with van der Waals surface area (Å²) in [5, 5.41) is 9.47. The summed E-state index contributed by atoms with van der Waals surface area (Å²) in [6.45, 7) is 6.77. The molecule has 170 valence electrons. The molecule has 0 N–H and O–H groups in total. The van der Waals surface area contributed by atoms with Crippen molar-refractivity contribution >= 4 is 0 Å². The first-order chi connectivity index (χ1) is 16.0. The van der Waals surface area contributed by atoms with Gasteiger partial charge in [-0.25, -0.2) is 0 Å². The summed E-state index contributed by atoms with van der Waals surface area (Å²) >= 11 is 0. The van der Waals surface area contributed by atoms with Gasteiger partial charge in [0.2, 0.25) is 0 Å². The molecule has 0 bridgehead atoms. The van der Waals surface area contributed by atoms with Gasteiger partial charge in [-0.1, -0.05) is 113 Å². The molecule has 0 radical (unpaired) electrons. The normalized spacial score (nSPS) is 19.2. The Morgan fingerprint density at radius 3 is 1.91 bits per heavy atom. The van der Waals surface area contributed by atoms with E-state index in [4.69, 9.17) is 10.2 Å². The molecule has 2 aromatic carbocycles. The van der Waals surface area contributed by atoms with Crippen LogP contribution in [0.4, 0.5) is 0 Å². The van der Waals surface area contributed by atoms with Gasteiger partial charge in [-0.05, 0) is 35.8 Å². The number of benzene rings is 2. The van der Waals surface area contributed by atoms with Crippen molar-refractivity contribution in [3.05, 3.63) is 84.0 Å². The van der Waals surface area contributed by atoms with Crippen LogP contribution in [-0.4, -0.2) is 14.8 Å². The zero-order chi connectivity index (χ0) is 22.8. The van der Waals surface area contributed by atoms with Crippen molar-refractivity contribution in [3.63, 3.8) is 0 Å². The van der Waals surface area contributed by atoms with Gasteiger partial charge in [0.05, 0.1) is 0 Å². The minimum Gasteiger partial charge on any atom is -0.304 e. The van der Waals surface area contributed by atoms with Gasteiger partial charge in [0.25, 0.3) is 0 Å². The molecule has 3 nitrogen and oxygen atoms in total. The summed E-state index contributed by atoms with van der Waals surface area (Å²) in [5.74, 6) is 2.47. The lowest BCUT2D eigenvalue weighted by atomic mass is 9.86. The van der Waals surface area contributed by atoms with Crippen LogP contribution in [0.25, 0.3) is 22.8 Å². The van der Waals surface area contributed by atoms with E-state index in [1.807, 2.05) is 0 Å². The highest BCUT2D eigenvalue weighted by Gasteiger charge is 2.25. The molecule has 3 heteroatoms. The Kier molecular flexibility index (Phi) is 6.05. The van der Waals surface area contributed by atoms with Crippen LogP contribution in [0.15, 0.2) is 72.8 Å². The minimum absolute atomic E-state index is 0.145. The monoisotopic (exact) mass is 437 g/mol. The summed E-state index contributed by atoms with van der Waals surface area (Å²) in [4.78, 5) is 0. The van der Waals surface area contributed by atoms with Crippen molar-refractivity contribution in [3.8, 4) is 22.8 Å². The molecule has 1 atom stereocenters. The topological polar surface area (TPSA) is 30.7 Å². The number of rotatable bonds is 4. The summed E-state index contributed by atoms with van der Waals surface area (Å²) in [7, 11) is 0. The third-order valence-corrected chi connectivity index (χ3v) is 7.22. The van der Waals surface area contributed by atoms with Crippen molar-refractivity contribution in [1.82, 2.24) is 14.8 Å². The molecule has 0 aliphatic heterocycles. The highest BCUT2D eigenvalue weighted by Crippen LogP contribution is 2.37. The van der Waals surface area contributed by atoms with E-state index >= 15 is 0 Å². The standard InChI is InChI=1S/C30H35N3/c1-30(2,3)26-20-18-25(19-21-26)29-32-31-28(33(29)27-12-8-5-9-13-27)24-16-14-23(15-17-24)22-10-6-4-7-11-22/h4,6-7,10,14-22,27H,5,8-9,11-13H2,1-3H3/t22-/m0/s1. The molecule has 1 aromatic heterocycles. The van der Waals surface area contributed by atoms with Crippen LogP contribution >= 0.6 is 0 Å². The number of aromatic nitrogens is 3.